The normalized spacial score (nSPS) is 16.0. The molecule has 1 amide bonds. The van der Waals surface area contributed by atoms with Crippen molar-refractivity contribution in [2.24, 2.45) is 0 Å². The quantitative estimate of drug-likeness (QED) is 0.620. The van der Waals surface area contributed by atoms with E-state index < -0.39 is 0 Å². The molecule has 0 aromatic heterocycles. The van der Waals surface area contributed by atoms with Crippen LogP contribution in [0.25, 0.3) is 6.08 Å². The fraction of sp³-hybridized carbons (Fsp3) is 0.348. The first-order valence-electron chi connectivity index (χ1n) is 9.93. The Morgan fingerprint density at radius 1 is 1.07 bits per heavy atom. The lowest BCUT2D eigenvalue weighted by Gasteiger charge is -2.28. The molecule has 2 aromatic carbocycles. The molecule has 5 nitrogen and oxygen atoms in total. The van der Waals surface area contributed by atoms with Crippen LogP contribution in [0, 0.1) is 0 Å². The van der Waals surface area contributed by atoms with Gasteiger partial charge in [0.2, 0.25) is 5.91 Å². The highest BCUT2D eigenvalue weighted by molar-refractivity contribution is 5.91. The van der Waals surface area contributed by atoms with E-state index in [1.807, 2.05) is 18.2 Å². The minimum absolute atomic E-state index is 0.0705. The van der Waals surface area contributed by atoms with E-state index in [1.54, 1.807) is 12.2 Å². The Bertz CT molecular complexity index is 863. The number of carbonyl (C=O) groups excluding carboxylic acids is 1. The molecule has 28 heavy (non-hydrogen) atoms. The lowest BCUT2D eigenvalue weighted by Crippen LogP contribution is -2.33. The van der Waals surface area contributed by atoms with Crippen molar-refractivity contribution in [2.45, 2.75) is 19.4 Å². The molecule has 0 aliphatic carbocycles. The molecule has 0 spiro atoms. The maximum Gasteiger partial charge on any atom is 0.243 e. The van der Waals surface area contributed by atoms with Crippen LogP contribution in [-0.2, 0) is 17.8 Å². The smallest absolute Gasteiger partial charge is 0.243 e. The highest BCUT2D eigenvalue weighted by atomic mass is 16.6. The number of rotatable bonds is 6. The number of benzene rings is 2. The number of carbonyl (C=O) groups is 1. The Labute approximate surface area is 165 Å². The summed E-state index contributed by atoms with van der Waals surface area (Å²) in [4.78, 5) is 14.5. The number of hydrogen-bond acceptors (Lipinski definition) is 4. The second kappa shape index (κ2) is 8.93. The van der Waals surface area contributed by atoms with E-state index in [1.165, 1.54) is 11.1 Å². The molecular weight excluding hydrogens is 352 g/mol. The second-order valence-electron chi connectivity index (χ2n) is 7.18. The van der Waals surface area contributed by atoms with Crippen molar-refractivity contribution >= 4 is 12.0 Å². The third-order valence-corrected chi connectivity index (χ3v) is 5.15. The number of nitrogens with one attached hydrogen (secondary N) is 1. The number of fused-ring (bicyclic) bond motifs is 2. The first kappa shape index (κ1) is 18.6. The monoisotopic (exact) mass is 378 g/mol. The van der Waals surface area contributed by atoms with E-state index in [0.29, 0.717) is 19.8 Å². The second-order valence-corrected chi connectivity index (χ2v) is 7.18. The maximum atomic E-state index is 12.1. The molecule has 2 aromatic rings. The van der Waals surface area contributed by atoms with Gasteiger partial charge in [-0.25, -0.2) is 0 Å². The van der Waals surface area contributed by atoms with Crippen LogP contribution in [-0.4, -0.2) is 43.7 Å². The van der Waals surface area contributed by atoms with Crippen molar-refractivity contribution in [1.29, 1.82) is 0 Å². The Hall–Kier alpha value is -2.79. The summed E-state index contributed by atoms with van der Waals surface area (Å²) in [6.07, 6.45) is 5.43. The largest absolute Gasteiger partial charge is 0.486 e. The third-order valence-electron chi connectivity index (χ3n) is 5.15. The molecule has 0 unspecified atom stereocenters. The fourth-order valence-corrected chi connectivity index (χ4v) is 3.65. The molecule has 1 N–H and O–H groups in total. The van der Waals surface area contributed by atoms with Gasteiger partial charge >= 0.3 is 0 Å². The Balaban J connectivity index is 1.18. The Kier molecular flexibility index (Phi) is 5.92. The zero-order valence-electron chi connectivity index (χ0n) is 16.0. The van der Waals surface area contributed by atoms with Crippen LogP contribution >= 0.6 is 0 Å². The van der Waals surface area contributed by atoms with Crippen LogP contribution in [0.4, 0.5) is 0 Å². The predicted molar refractivity (Wildman–Crippen MR) is 110 cm³/mol. The van der Waals surface area contributed by atoms with Gasteiger partial charge in [-0.3, -0.25) is 9.69 Å². The fourth-order valence-electron chi connectivity index (χ4n) is 3.65. The van der Waals surface area contributed by atoms with Crippen LogP contribution in [0.15, 0.2) is 48.5 Å². The molecule has 4 rings (SSSR count). The summed E-state index contributed by atoms with van der Waals surface area (Å²) < 4.78 is 11.1. The Morgan fingerprint density at radius 3 is 2.79 bits per heavy atom. The molecule has 2 heterocycles. The molecule has 2 aliphatic heterocycles. The summed E-state index contributed by atoms with van der Waals surface area (Å²) in [6, 6.07) is 14.4. The molecule has 146 valence electrons. The van der Waals surface area contributed by atoms with E-state index in [4.69, 9.17) is 9.47 Å². The van der Waals surface area contributed by atoms with Crippen LogP contribution in [0.5, 0.6) is 11.5 Å². The van der Waals surface area contributed by atoms with Gasteiger partial charge in [-0.1, -0.05) is 30.3 Å². The lowest BCUT2D eigenvalue weighted by molar-refractivity contribution is -0.116. The number of amides is 1. The van der Waals surface area contributed by atoms with Gasteiger partial charge in [0.15, 0.2) is 11.5 Å². The summed E-state index contributed by atoms with van der Waals surface area (Å²) in [5.41, 5.74) is 3.82. The minimum Gasteiger partial charge on any atom is -0.486 e. The number of hydrogen-bond donors (Lipinski definition) is 1. The zero-order chi connectivity index (χ0) is 19.2. The molecule has 2 aliphatic rings. The van der Waals surface area contributed by atoms with Crippen LogP contribution in [0.2, 0.25) is 0 Å². The van der Waals surface area contributed by atoms with Gasteiger partial charge in [0.25, 0.3) is 0 Å². The van der Waals surface area contributed by atoms with Crippen molar-refractivity contribution in [3.63, 3.8) is 0 Å². The summed E-state index contributed by atoms with van der Waals surface area (Å²) in [6.45, 7) is 4.92. The van der Waals surface area contributed by atoms with Gasteiger partial charge in [-0.15, -0.1) is 0 Å². The van der Waals surface area contributed by atoms with E-state index in [0.717, 1.165) is 49.5 Å². The minimum atomic E-state index is -0.0705. The van der Waals surface area contributed by atoms with Gasteiger partial charge in [-0.05, 0) is 47.7 Å². The highest BCUT2D eigenvalue weighted by Gasteiger charge is 2.15. The first-order valence-corrected chi connectivity index (χ1v) is 9.93. The van der Waals surface area contributed by atoms with E-state index >= 15 is 0 Å². The van der Waals surface area contributed by atoms with Crippen molar-refractivity contribution in [1.82, 2.24) is 10.2 Å². The molecule has 0 radical (unpaired) electrons. The standard InChI is InChI=1S/C23H26N2O3/c26-23(9-7-18-6-8-21-22(16-18)28-15-14-27-21)24-11-3-12-25-13-10-19-4-1-2-5-20(19)17-25/h1-2,4-9,16H,3,10-15,17H2,(H,24,26)/b9-7-. The van der Waals surface area contributed by atoms with Crippen molar-refractivity contribution in [2.75, 3.05) is 32.8 Å². The third kappa shape index (κ3) is 4.73. The van der Waals surface area contributed by atoms with Crippen molar-refractivity contribution in [3.8, 4) is 11.5 Å². The summed E-state index contributed by atoms with van der Waals surface area (Å²) >= 11 is 0. The molecule has 0 fully saturated rings. The number of nitrogens with zero attached hydrogens (tertiary/aromatic N) is 1. The first-order chi connectivity index (χ1) is 13.8. The van der Waals surface area contributed by atoms with Gasteiger partial charge in [0.05, 0.1) is 0 Å². The van der Waals surface area contributed by atoms with Gasteiger partial charge in [-0.2, -0.15) is 0 Å². The maximum absolute atomic E-state index is 12.1. The van der Waals surface area contributed by atoms with Gasteiger partial charge < -0.3 is 14.8 Å². The molecular formula is C23H26N2O3. The topological polar surface area (TPSA) is 50.8 Å². The molecule has 0 bridgehead atoms. The van der Waals surface area contributed by atoms with Crippen molar-refractivity contribution < 1.29 is 14.3 Å². The van der Waals surface area contributed by atoms with Gasteiger partial charge in [0.1, 0.15) is 13.2 Å². The van der Waals surface area contributed by atoms with E-state index in [9.17, 15) is 4.79 Å². The molecule has 0 saturated carbocycles. The molecule has 0 saturated heterocycles. The summed E-state index contributed by atoms with van der Waals surface area (Å²) in [5.74, 6) is 1.42. The Morgan fingerprint density at radius 2 is 1.89 bits per heavy atom. The molecule has 0 atom stereocenters. The van der Waals surface area contributed by atoms with Crippen LogP contribution in [0.3, 0.4) is 0 Å². The summed E-state index contributed by atoms with van der Waals surface area (Å²) in [5, 5.41) is 2.97. The van der Waals surface area contributed by atoms with Crippen LogP contribution in [0.1, 0.15) is 23.1 Å². The highest BCUT2D eigenvalue weighted by Crippen LogP contribution is 2.31. The average Bonchev–Trinajstić information content (AvgIpc) is 2.75. The SMILES string of the molecule is O=C(/C=C\c1ccc2c(c1)OCCO2)NCCCN1CCc2ccccc2C1. The lowest BCUT2D eigenvalue weighted by atomic mass is 10.00. The van der Waals surface area contributed by atoms with Crippen molar-refractivity contribution in [3.05, 3.63) is 65.2 Å². The van der Waals surface area contributed by atoms with E-state index in [2.05, 4.69) is 34.5 Å². The van der Waals surface area contributed by atoms with Crippen LogP contribution < -0.4 is 14.8 Å². The predicted octanol–water partition coefficient (Wildman–Crippen LogP) is 3.04. The molecule has 5 heteroatoms. The zero-order valence-corrected chi connectivity index (χ0v) is 16.0. The summed E-state index contributed by atoms with van der Waals surface area (Å²) in [7, 11) is 0. The van der Waals surface area contributed by atoms with E-state index in [-0.39, 0.29) is 5.91 Å². The average molecular weight is 378 g/mol. The number of ether oxygens (including phenoxy) is 2. The van der Waals surface area contributed by atoms with Gasteiger partial charge in [0, 0.05) is 32.3 Å².